The lowest BCUT2D eigenvalue weighted by Crippen LogP contribution is -2.55. The third kappa shape index (κ3) is 2.73. The van der Waals surface area contributed by atoms with Gasteiger partial charge in [-0.3, -0.25) is 0 Å². The van der Waals surface area contributed by atoms with Crippen LogP contribution in [0.25, 0.3) is 0 Å². The highest BCUT2D eigenvalue weighted by molar-refractivity contribution is 5.75. The molecule has 1 aliphatic heterocycles. The van der Waals surface area contributed by atoms with Crippen LogP contribution in [0.1, 0.15) is 13.3 Å². The summed E-state index contributed by atoms with van der Waals surface area (Å²) in [5.41, 5.74) is 0. The molecule has 6 nitrogen and oxygen atoms in total. The molecule has 0 radical (unpaired) electrons. The van der Waals surface area contributed by atoms with Gasteiger partial charge in [-0.2, -0.15) is 0 Å². The molecule has 1 aliphatic rings. The first-order valence-corrected chi connectivity index (χ1v) is 4.77. The summed E-state index contributed by atoms with van der Waals surface area (Å²) in [5, 5.41) is 37.3. The summed E-state index contributed by atoms with van der Waals surface area (Å²) in [5.74, 6) is -1.06. The minimum atomic E-state index is -1.34. The molecule has 15 heavy (non-hydrogen) atoms. The van der Waals surface area contributed by atoms with E-state index in [1.54, 1.807) is 0 Å². The second-order valence-electron chi connectivity index (χ2n) is 3.80. The van der Waals surface area contributed by atoms with Crippen LogP contribution in [0.3, 0.4) is 0 Å². The smallest absolute Gasteiger partial charge is 0.160 e. The van der Waals surface area contributed by atoms with Crippen molar-refractivity contribution in [1.29, 1.82) is 0 Å². The van der Waals surface area contributed by atoms with Crippen molar-refractivity contribution in [2.45, 2.75) is 37.9 Å². The van der Waals surface area contributed by atoms with Crippen LogP contribution >= 0.6 is 0 Å². The predicted octanol–water partition coefficient (Wildman–Crippen LogP) is -1.99. The van der Waals surface area contributed by atoms with E-state index in [4.69, 9.17) is 9.84 Å². The standard InChI is InChI=1S/C9H16O6/c1-4(11)2-5-7(12)8(13)6(3-10)15-9(5)14/h5-10,12-14H,2-3H2,1H3/t5-,6-,7-,8-,9+/m0/s1. The summed E-state index contributed by atoms with van der Waals surface area (Å²) < 4.78 is 4.87. The molecule has 1 heterocycles. The molecule has 4 N–H and O–H groups in total. The highest BCUT2D eigenvalue weighted by Gasteiger charge is 2.43. The van der Waals surface area contributed by atoms with Crippen molar-refractivity contribution in [3.05, 3.63) is 0 Å². The fourth-order valence-electron chi connectivity index (χ4n) is 1.71. The minimum Gasteiger partial charge on any atom is -0.394 e. The maximum atomic E-state index is 10.9. The molecule has 1 saturated heterocycles. The van der Waals surface area contributed by atoms with Gasteiger partial charge in [0.2, 0.25) is 0 Å². The van der Waals surface area contributed by atoms with E-state index >= 15 is 0 Å². The van der Waals surface area contributed by atoms with Crippen LogP contribution in [0.5, 0.6) is 0 Å². The number of ketones is 1. The van der Waals surface area contributed by atoms with Crippen LogP contribution < -0.4 is 0 Å². The van der Waals surface area contributed by atoms with Crippen LogP contribution in [0.4, 0.5) is 0 Å². The number of carbonyl (C=O) groups is 1. The Kier molecular flexibility index (Phi) is 4.18. The fraction of sp³-hybridized carbons (Fsp3) is 0.889. The summed E-state index contributed by atoms with van der Waals surface area (Å²) in [7, 11) is 0. The zero-order valence-electron chi connectivity index (χ0n) is 8.41. The second-order valence-corrected chi connectivity index (χ2v) is 3.80. The molecule has 0 amide bonds. The Morgan fingerprint density at radius 2 is 1.87 bits per heavy atom. The Morgan fingerprint density at radius 1 is 1.27 bits per heavy atom. The zero-order valence-corrected chi connectivity index (χ0v) is 8.41. The Balaban J connectivity index is 2.70. The molecular formula is C9H16O6. The molecule has 0 saturated carbocycles. The van der Waals surface area contributed by atoms with Crippen molar-refractivity contribution >= 4 is 5.78 Å². The first-order valence-electron chi connectivity index (χ1n) is 4.77. The van der Waals surface area contributed by atoms with Crippen LogP contribution in [-0.4, -0.2) is 57.4 Å². The number of aliphatic hydroxyl groups excluding tert-OH is 4. The van der Waals surface area contributed by atoms with Crippen molar-refractivity contribution in [2.24, 2.45) is 5.92 Å². The van der Waals surface area contributed by atoms with Gasteiger partial charge in [-0.05, 0) is 6.92 Å². The highest BCUT2D eigenvalue weighted by Crippen LogP contribution is 2.27. The molecule has 88 valence electrons. The van der Waals surface area contributed by atoms with Gasteiger partial charge in [0.05, 0.1) is 12.7 Å². The van der Waals surface area contributed by atoms with Gasteiger partial charge in [0.25, 0.3) is 0 Å². The number of Topliss-reactive ketones (excluding diaryl/α,β-unsaturated/α-hetero) is 1. The van der Waals surface area contributed by atoms with Gasteiger partial charge in [-0.15, -0.1) is 0 Å². The Labute approximate surface area is 87.1 Å². The van der Waals surface area contributed by atoms with E-state index < -0.39 is 37.1 Å². The van der Waals surface area contributed by atoms with Gasteiger partial charge in [-0.1, -0.05) is 0 Å². The van der Waals surface area contributed by atoms with Crippen molar-refractivity contribution < 1.29 is 30.0 Å². The molecule has 0 aliphatic carbocycles. The number of ether oxygens (including phenoxy) is 1. The Hall–Kier alpha value is -0.530. The van der Waals surface area contributed by atoms with Gasteiger partial charge in [0, 0.05) is 12.3 Å². The van der Waals surface area contributed by atoms with E-state index in [1.807, 2.05) is 0 Å². The molecule has 6 heteroatoms. The lowest BCUT2D eigenvalue weighted by molar-refractivity contribution is -0.269. The van der Waals surface area contributed by atoms with Crippen LogP contribution in [0.15, 0.2) is 0 Å². The Bertz CT molecular complexity index is 231. The van der Waals surface area contributed by atoms with E-state index in [9.17, 15) is 20.1 Å². The lowest BCUT2D eigenvalue weighted by Gasteiger charge is -2.39. The van der Waals surface area contributed by atoms with E-state index in [0.717, 1.165) is 0 Å². The minimum absolute atomic E-state index is 0.0719. The molecule has 0 aromatic rings. The normalized spacial score (nSPS) is 41.5. The van der Waals surface area contributed by atoms with Crippen molar-refractivity contribution in [3.63, 3.8) is 0 Å². The van der Waals surface area contributed by atoms with Crippen molar-refractivity contribution in [3.8, 4) is 0 Å². The maximum absolute atomic E-state index is 10.9. The van der Waals surface area contributed by atoms with Crippen molar-refractivity contribution in [1.82, 2.24) is 0 Å². The van der Waals surface area contributed by atoms with E-state index in [2.05, 4.69) is 0 Å². The zero-order chi connectivity index (χ0) is 11.6. The topological polar surface area (TPSA) is 107 Å². The summed E-state index contributed by atoms with van der Waals surface area (Å²) in [6.07, 6.45) is -4.99. The molecule has 0 aromatic carbocycles. The fourth-order valence-corrected chi connectivity index (χ4v) is 1.71. The van der Waals surface area contributed by atoms with Crippen LogP contribution in [-0.2, 0) is 9.53 Å². The lowest BCUT2D eigenvalue weighted by atomic mass is 9.87. The molecule has 1 rings (SSSR count). The predicted molar refractivity (Wildman–Crippen MR) is 48.8 cm³/mol. The molecule has 0 aromatic heterocycles. The van der Waals surface area contributed by atoms with Gasteiger partial charge in [0.15, 0.2) is 6.29 Å². The van der Waals surface area contributed by atoms with Crippen LogP contribution in [0, 0.1) is 5.92 Å². The van der Waals surface area contributed by atoms with Gasteiger partial charge < -0.3 is 30.0 Å². The summed E-state index contributed by atoms with van der Waals surface area (Å²) in [6, 6.07) is 0. The van der Waals surface area contributed by atoms with E-state index in [0.29, 0.717) is 0 Å². The molecule has 0 unspecified atom stereocenters. The number of rotatable bonds is 3. The first-order chi connectivity index (χ1) is 6.97. The SMILES string of the molecule is CC(=O)C[C@H]1[C@H](O)[C@@H](O)[C@H](CO)O[C@H]1O. The van der Waals surface area contributed by atoms with E-state index in [-0.39, 0.29) is 12.2 Å². The third-order valence-corrected chi connectivity index (χ3v) is 2.55. The summed E-state index contributed by atoms with van der Waals surface area (Å²) in [6.45, 7) is 0.825. The van der Waals surface area contributed by atoms with Gasteiger partial charge in [0.1, 0.15) is 18.0 Å². The number of hydrogen-bond acceptors (Lipinski definition) is 6. The van der Waals surface area contributed by atoms with Gasteiger partial charge >= 0.3 is 0 Å². The van der Waals surface area contributed by atoms with Crippen molar-refractivity contribution in [2.75, 3.05) is 6.61 Å². The quantitative estimate of drug-likeness (QED) is 0.439. The number of carbonyl (C=O) groups excluding carboxylic acids is 1. The average Bonchev–Trinajstić information content (AvgIpc) is 2.18. The monoisotopic (exact) mass is 220 g/mol. The third-order valence-electron chi connectivity index (χ3n) is 2.55. The summed E-state index contributed by atoms with van der Waals surface area (Å²) >= 11 is 0. The average molecular weight is 220 g/mol. The maximum Gasteiger partial charge on any atom is 0.160 e. The molecule has 5 atom stereocenters. The van der Waals surface area contributed by atoms with Gasteiger partial charge in [-0.25, -0.2) is 0 Å². The molecular weight excluding hydrogens is 204 g/mol. The van der Waals surface area contributed by atoms with E-state index in [1.165, 1.54) is 6.92 Å². The first kappa shape index (κ1) is 12.5. The number of aliphatic hydroxyl groups is 4. The summed E-state index contributed by atoms with van der Waals surface area (Å²) in [4.78, 5) is 10.9. The molecule has 0 spiro atoms. The molecule has 1 fully saturated rings. The Morgan fingerprint density at radius 3 is 2.33 bits per heavy atom. The number of hydrogen-bond donors (Lipinski definition) is 4. The second kappa shape index (κ2) is 5.00. The highest BCUT2D eigenvalue weighted by atomic mass is 16.6. The largest absolute Gasteiger partial charge is 0.394 e. The molecule has 0 bridgehead atoms. The van der Waals surface area contributed by atoms with Crippen LogP contribution in [0.2, 0.25) is 0 Å².